The Morgan fingerprint density at radius 2 is 1.16 bits per heavy atom. The van der Waals surface area contributed by atoms with Crippen LogP contribution >= 0.6 is 0 Å². The maximum atomic E-state index is 12.8. The molecule has 5 rings (SSSR count). The van der Waals surface area contributed by atoms with Crippen molar-refractivity contribution in [2.24, 2.45) is 0 Å². The Morgan fingerprint density at radius 1 is 0.689 bits per heavy atom. The van der Waals surface area contributed by atoms with E-state index in [0.717, 1.165) is 16.7 Å². The van der Waals surface area contributed by atoms with Gasteiger partial charge in [0.25, 0.3) is 0 Å². The van der Waals surface area contributed by atoms with Crippen LogP contribution in [-0.2, 0) is 45.4 Å². The topological polar surface area (TPSA) is 60.0 Å². The van der Waals surface area contributed by atoms with Gasteiger partial charge in [-0.1, -0.05) is 127 Å². The largest absolute Gasteiger partial charge is 0.375 e. The molecule has 0 bridgehead atoms. The minimum atomic E-state index is -0.444. The SMILES string of the molecule is C=CC[C@@H]1[C@H](NC(C)=O)[C@@H](OCc2ccccc2)[C@H](OCc2ccccc2)[C@@H](COCc2ccccc2)N1Cc1ccccc1. The summed E-state index contributed by atoms with van der Waals surface area (Å²) in [6, 6.07) is 40.3. The van der Waals surface area contributed by atoms with Gasteiger partial charge >= 0.3 is 0 Å². The van der Waals surface area contributed by atoms with Crippen molar-refractivity contribution in [1.29, 1.82) is 0 Å². The second kappa shape index (κ2) is 16.8. The first-order valence-electron chi connectivity index (χ1n) is 15.7. The van der Waals surface area contributed by atoms with Gasteiger partial charge in [0.05, 0.1) is 38.5 Å². The molecule has 6 heteroatoms. The Hall–Kier alpha value is -4.07. The molecule has 4 aromatic carbocycles. The normalized spacial score (nSPS) is 21.7. The number of carbonyl (C=O) groups is 1. The van der Waals surface area contributed by atoms with E-state index in [1.165, 1.54) is 5.56 Å². The minimum Gasteiger partial charge on any atom is -0.375 e. The number of hydrogen-bond donors (Lipinski definition) is 1. The van der Waals surface area contributed by atoms with Gasteiger partial charge < -0.3 is 19.5 Å². The highest BCUT2D eigenvalue weighted by atomic mass is 16.5. The van der Waals surface area contributed by atoms with Crippen molar-refractivity contribution in [3.63, 3.8) is 0 Å². The van der Waals surface area contributed by atoms with Crippen LogP contribution in [0.1, 0.15) is 35.6 Å². The lowest BCUT2D eigenvalue weighted by Crippen LogP contribution is -2.71. The van der Waals surface area contributed by atoms with Gasteiger partial charge in [-0.05, 0) is 28.7 Å². The van der Waals surface area contributed by atoms with Crippen molar-refractivity contribution in [3.8, 4) is 0 Å². The number of rotatable bonds is 15. The van der Waals surface area contributed by atoms with Crippen LogP contribution in [0, 0.1) is 0 Å². The van der Waals surface area contributed by atoms with E-state index in [4.69, 9.17) is 14.2 Å². The molecule has 1 amide bonds. The van der Waals surface area contributed by atoms with Gasteiger partial charge in [0.2, 0.25) is 5.91 Å². The van der Waals surface area contributed by atoms with Gasteiger partial charge in [-0.25, -0.2) is 0 Å². The predicted molar refractivity (Wildman–Crippen MR) is 178 cm³/mol. The van der Waals surface area contributed by atoms with Crippen LogP contribution < -0.4 is 5.32 Å². The highest BCUT2D eigenvalue weighted by Gasteiger charge is 2.50. The van der Waals surface area contributed by atoms with Gasteiger partial charge in [0.1, 0.15) is 12.2 Å². The molecular weight excluding hydrogens is 560 g/mol. The van der Waals surface area contributed by atoms with Crippen molar-refractivity contribution in [2.75, 3.05) is 6.61 Å². The Bertz CT molecular complexity index is 1440. The fourth-order valence-electron chi connectivity index (χ4n) is 6.18. The third kappa shape index (κ3) is 9.22. The zero-order chi connectivity index (χ0) is 31.3. The fraction of sp³-hybridized carbons (Fsp3) is 0.308. The number of amides is 1. The first-order valence-corrected chi connectivity index (χ1v) is 15.7. The number of piperidine rings is 1. The molecule has 0 aliphatic carbocycles. The standard InChI is InChI=1S/C39H44N2O4/c1-3-16-35-37(40-30(2)42)39(45-28-34-23-14-7-15-24-34)38(44-27-33-21-12-6-13-22-33)36(29-43-26-32-19-10-5-11-20-32)41(35)25-31-17-8-4-9-18-31/h3-15,17-24,35-39H,1,16,25-29H2,2H3,(H,40,42)/t35-,36-,37+,38-,39-/m1/s1. The van der Waals surface area contributed by atoms with Crippen LogP contribution in [0.15, 0.2) is 134 Å². The van der Waals surface area contributed by atoms with Crippen LogP contribution in [-0.4, -0.2) is 47.7 Å². The lowest BCUT2D eigenvalue weighted by molar-refractivity contribution is -0.187. The van der Waals surface area contributed by atoms with E-state index < -0.39 is 12.2 Å². The quantitative estimate of drug-likeness (QED) is 0.153. The predicted octanol–water partition coefficient (Wildman–Crippen LogP) is 6.71. The molecule has 0 saturated carbocycles. The fourth-order valence-corrected chi connectivity index (χ4v) is 6.18. The van der Waals surface area contributed by atoms with Gasteiger partial charge in [-0.2, -0.15) is 0 Å². The first kappa shape index (κ1) is 32.3. The molecule has 5 atom stereocenters. The molecular formula is C39H44N2O4. The highest BCUT2D eigenvalue weighted by Crippen LogP contribution is 2.34. The second-order valence-corrected chi connectivity index (χ2v) is 11.6. The lowest BCUT2D eigenvalue weighted by atomic mass is 9.83. The molecule has 1 heterocycles. The number of ether oxygens (including phenoxy) is 3. The maximum absolute atomic E-state index is 12.8. The number of hydrogen-bond acceptors (Lipinski definition) is 5. The van der Waals surface area contributed by atoms with Crippen LogP contribution in [0.5, 0.6) is 0 Å². The van der Waals surface area contributed by atoms with E-state index in [9.17, 15) is 4.79 Å². The molecule has 45 heavy (non-hydrogen) atoms. The average Bonchev–Trinajstić information content (AvgIpc) is 3.07. The van der Waals surface area contributed by atoms with E-state index >= 15 is 0 Å². The number of likely N-dealkylation sites (tertiary alicyclic amines) is 1. The molecule has 0 radical (unpaired) electrons. The molecule has 4 aromatic rings. The molecule has 1 fully saturated rings. The highest BCUT2D eigenvalue weighted by molar-refractivity contribution is 5.73. The summed E-state index contributed by atoms with van der Waals surface area (Å²) in [5, 5.41) is 3.28. The second-order valence-electron chi connectivity index (χ2n) is 11.6. The Kier molecular flexibility index (Phi) is 12.1. The summed E-state index contributed by atoms with van der Waals surface area (Å²) < 4.78 is 20.1. The van der Waals surface area contributed by atoms with Crippen molar-refractivity contribution >= 4 is 5.91 Å². The smallest absolute Gasteiger partial charge is 0.217 e. The Balaban J connectivity index is 1.53. The Morgan fingerprint density at radius 3 is 1.64 bits per heavy atom. The van der Waals surface area contributed by atoms with Gasteiger partial charge in [0, 0.05) is 19.5 Å². The monoisotopic (exact) mass is 604 g/mol. The number of nitrogens with one attached hydrogen (secondary N) is 1. The zero-order valence-electron chi connectivity index (χ0n) is 26.0. The van der Waals surface area contributed by atoms with E-state index in [0.29, 0.717) is 39.4 Å². The van der Waals surface area contributed by atoms with Crippen LogP contribution in [0.2, 0.25) is 0 Å². The van der Waals surface area contributed by atoms with Crippen molar-refractivity contribution in [3.05, 3.63) is 156 Å². The molecule has 1 aliphatic heterocycles. The summed E-state index contributed by atoms with van der Waals surface area (Å²) >= 11 is 0. The summed E-state index contributed by atoms with van der Waals surface area (Å²) in [7, 11) is 0. The third-order valence-electron chi connectivity index (χ3n) is 8.28. The molecule has 0 unspecified atom stereocenters. The van der Waals surface area contributed by atoms with Crippen LogP contribution in [0.3, 0.4) is 0 Å². The summed E-state index contributed by atoms with van der Waals surface area (Å²) in [5.41, 5.74) is 4.42. The summed E-state index contributed by atoms with van der Waals surface area (Å²) in [4.78, 5) is 15.2. The van der Waals surface area contributed by atoms with Gasteiger partial charge in [-0.15, -0.1) is 6.58 Å². The van der Waals surface area contributed by atoms with E-state index in [-0.39, 0.29) is 24.0 Å². The average molecular weight is 605 g/mol. The first-order chi connectivity index (χ1) is 22.1. The minimum absolute atomic E-state index is 0.103. The maximum Gasteiger partial charge on any atom is 0.217 e. The van der Waals surface area contributed by atoms with E-state index in [1.54, 1.807) is 6.92 Å². The molecule has 6 nitrogen and oxygen atoms in total. The number of carbonyl (C=O) groups excluding carboxylic acids is 1. The van der Waals surface area contributed by atoms with Crippen LogP contribution in [0.25, 0.3) is 0 Å². The number of nitrogens with zero attached hydrogens (tertiary/aromatic N) is 1. The third-order valence-corrected chi connectivity index (χ3v) is 8.28. The summed E-state index contributed by atoms with van der Waals surface area (Å²) in [6.45, 7) is 8.04. The zero-order valence-corrected chi connectivity index (χ0v) is 26.0. The summed E-state index contributed by atoms with van der Waals surface area (Å²) in [5.74, 6) is -0.109. The lowest BCUT2D eigenvalue weighted by Gasteiger charge is -2.53. The van der Waals surface area contributed by atoms with Gasteiger partial charge in [0.15, 0.2) is 0 Å². The molecule has 0 spiro atoms. The van der Waals surface area contributed by atoms with Crippen molar-refractivity contribution in [2.45, 2.75) is 70.0 Å². The van der Waals surface area contributed by atoms with Crippen molar-refractivity contribution in [1.82, 2.24) is 10.2 Å². The molecule has 1 saturated heterocycles. The Labute approximate surface area is 267 Å². The molecule has 1 aliphatic rings. The van der Waals surface area contributed by atoms with Crippen molar-refractivity contribution < 1.29 is 19.0 Å². The molecule has 234 valence electrons. The molecule has 0 aromatic heterocycles. The molecule has 1 N–H and O–H groups in total. The van der Waals surface area contributed by atoms with Gasteiger partial charge in [-0.3, -0.25) is 9.69 Å². The summed E-state index contributed by atoms with van der Waals surface area (Å²) in [6.07, 6.45) is 1.73. The van der Waals surface area contributed by atoms with E-state index in [2.05, 4.69) is 77.5 Å². The van der Waals surface area contributed by atoms with Crippen LogP contribution in [0.4, 0.5) is 0 Å². The van der Waals surface area contributed by atoms with E-state index in [1.807, 2.05) is 66.7 Å². The number of benzene rings is 4.